The van der Waals surface area contributed by atoms with Gasteiger partial charge in [-0.15, -0.1) is 0 Å². The lowest BCUT2D eigenvalue weighted by molar-refractivity contribution is 0.506. The van der Waals surface area contributed by atoms with Crippen LogP contribution >= 0.6 is 23.3 Å². The van der Waals surface area contributed by atoms with Crippen LogP contribution in [0.25, 0.3) is 0 Å². The van der Waals surface area contributed by atoms with Crippen LogP contribution in [-0.2, 0) is 6.42 Å². The van der Waals surface area contributed by atoms with E-state index in [4.69, 9.17) is 0 Å². The van der Waals surface area contributed by atoms with Crippen LogP contribution in [0.2, 0.25) is 0 Å². The summed E-state index contributed by atoms with van der Waals surface area (Å²) in [7, 11) is 0. The molecule has 0 radical (unpaired) electrons. The molecule has 2 aromatic rings. The van der Waals surface area contributed by atoms with Crippen molar-refractivity contribution in [1.29, 1.82) is 0 Å². The van der Waals surface area contributed by atoms with Crippen LogP contribution < -0.4 is 0 Å². The number of rotatable bonds is 3. The molecule has 0 aliphatic rings. The molecule has 0 aliphatic heterocycles. The molecule has 0 atom stereocenters. The largest absolute Gasteiger partial charge is 0.213 e. The fraction of sp³-hybridized carbons (Fsp3) is 0.200. The Bertz CT molecular complexity index is 499. The quantitative estimate of drug-likeness (QED) is 0.842. The van der Waals surface area contributed by atoms with Gasteiger partial charge in [-0.3, -0.25) is 0 Å². The molecule has 2 rings (SSSR count). The smallest absolute Gasteiger partial charge is 0.174 e. The first-order chi connectivity index (χ1) is 7.69. The van der Waals surface area contributed by atoms with Crippen LogP contribution in [0, 0.1) is 11.6 Å². The molecule has 0 bridgehead atoms. The van der Waals surface area contributed by atoms with E-state index >= 15 is 0 Å². The number of hydrogen-bond acceptors (Lipinski definition) is 4. The number of halogens is 2. The van der Waals surface area contributed by atoms with E-state index in [9.17, 15) is 8.78 Å². The van der Waals surface area contributed by atoms with Crippen molar-refractivity contribution in [2.75, 3.05) is 0 Å². The molecule has 84 valence electrons. The Kier molecular flexibility index (Phi) is 3.50. The SMILES string of the molecule is CCc1nsc(Sc2ccc(F)c(F)c2)n1. The van der Waals surface area contributed by atoms with Gasteiger partial charge in [-0.25, -0.2) is 13.8 Å². The molecule has 6 heteroatoms. The number of benzene rings is 1. The van der Waals surface area contributed by atoms with Crippen molar-refractivity contribution in [3.05, 3.63) is 35.7 Å². The molecule has 0 amide bonds. The summed E-state index contributed by atoms with van der Waals surface area (Å²) < 4.78 is 30.5. The average Bonchev–Trinajstić information content (AvgIpc) is 2.71. The van der Waals surface area contributed by atoms with Crippen LogP contribution in [0.4, 0.5) is 8.78 Å². The maximum Gasteiger partial charge on any atom is 0.174 e. The van der Waals surface area contributed by atoms with Gasteiger partial charge in [-0.05, 0) is 29.7 Å². The highest BCUT2D eigenvalue weighted by atomic mass is 32.2. The van der Waals surface area contributed by atoms with E-state index in [1.165, 1.54) is 29.4 Å². The summed E-state index contributed by atoms with van der Waals surface area (Å²) in [5.41, 5.74) is 0. The van der Waals surface area contributed by atoms with Gasteiger partial charge in [0.1, 0.15) is 5.82 Å². The number of nitrogens with zero attached hydrogens (tertiary/aromatic N) is 2. The van der Waals surface area contributed by atoms with Gasteiger partial charge in [-0.2, -0.15) is 4.37 Å². The lowest BCUT2D eigenvalue weighted by Gasteiger charge is -1.97. The number of aromatic nitrogens is 2. The van der Waals surface area contributed by atoms with E-state index < -0.39 is 11.6 Å². The molecule has 0 spiro atoms. The molecule has 0 saturated heterocycles. The van der Waals surface area contributed by atoms with Gasteiger partial charge in [0.25, 0.3) is 0 Å². The van der Waals surface area contributed by atoms with E-state index in [1.807, 2.05) is 6.92 Å². The standard InChI is InChI=1S/C10H8F2N2S2/c1-2-9-13-10(16-14-9)15-6-3-4-7(11)8(12)5-6/h3-5H,2H2,1H3. The normalized spacial score (nSPS) is 10.7. The first-order valence-corrected chi connectivity index (χ1v) is 6.23. The van der Waals surface area contributed by atoms with Gasteiger partial charge < -0.3 is 0 Å². The zero-order valence-corrected chi connectivity index (χ0v) is 10.0. The third-order valence-corrected chi connectivity index (χ3v) is 3.64. The highest BCUT2D eigenvalue weighted by Gasteiger charge is 2.07. The Morgan fingerprint density at radius 3 is 2.75 bits per heavy atom. The molecule has 0 N–H and O–H groups in total. The van der Waals surface area contributed by atoms with Gasteiger partial charge in [-0.1, -0.05) is 18.7 Å². The zero-order chi connectivity index (χ0) is 11.5. The molecule has 0 fully saturated rings. The van der Waals surface area contributed by atoms with Gasteiger partial charge in [0.2, 0.25) is 0 Å². The van der Waals surface area contributed by atoms with Crippen molar-refractivity contribution < 1.29 is 8.78 Å². The molecular formula is C10H8F2N2S2. The van der Waals surface area contributed by atoms with Crippen molar-refractivity contribution in [3.8, 4) is 0 Å². The van der Waals surface area contributed by atoms with Crippen molar-refractivity contribution in [3.63, 3.8) is 0 Å². The van der Waals surface area contributed by atoms with Gasteiger partial charge >= 0.3 is 0 Å². The predicted octanol–water partition coefficient (Wildman–Crippen LogP) is 3.53. The molecule has 0 aliphatic carbocycles. The van der Waals surface area contributed by atoms with Crippen molar-refractivity contribution in [2.45, 2.75) is 22.6 Å². The van der Waals surface area contributed by atoms with Crippen LogP contribution in [0.5, 0.6) is 0 Å². The van der Waals surface area contributed by atoms with Crippen molar-refractivity contribution >= 4 is 23.3 Å². The summed E-state index contributed by atoms with van der Waals surface area (Å²) >= 11 is 2.55. The summed E-state index contributed by atoms with van der Waals surface area (Å²) in [5.74, 6) is -0.906. The van der Waals surface area contributed by atoms with E-state index in [0.717, 1.165) is 28.7 Å². The monoisotopic (exact) mass is 258 g/mol. The topological polar surface area (TPSA) is 25.8 Å². The highest BCUT2D eigenvalue weighted by molar-refractivity contribution is 8.01. The Balaban J connectivity index is 2.17. The number of hydrogen-bond donors (Lipinski definition) is 0. The maximum absolute atomic E-state index is 12.9. The molecule has 1 aromatic heterocycles. The summed E-state index contributed by atoms with van der Waals surface area (Å²) in [4.78, 5) is 4.85. The molecule has 0 saturated carbocycles. The summed E-state index contributed by atoms with van der Waals surface area (Å²) in [6.07, 6.45) is 0.773. The highest BCUT2D eigenvalue weighted by Crippen LogP contribution is 2.29. The molecule has 0 unspecified atom stereocenters. The van der Waals surface area contributed by atoms with E-state index in [0.29, 0.717) is 4.90 Å². The van der Waals surface area contributed by atoms with Crippen LogP contribution in [0.1, 0.15) is 12.7 Å². The van der Waals surface area contributed by atoms with Crippen molar-refractivity contribution in [1.82, 2.24) is 9.36 Å². The minimum absolute atomic E-state index is 0.623. The van der Waals surface area contributed by atoms with Crippen LogP contribution in [0.15, 0.2) is 27.4 Å². The molecule has 2 nitrogen and oxygen atoms in total. The lowest BCUT2D eigenvalue weighted by atomic mass is 10.3. The minimum Gasteiger partial charge on any atom is -0.213 e. The minimum atomic E-state index is -0.842. The van der Waals surface area contributed by atoms with E-state index in [2.05, 4.69) is 9.36 Å². The summed E-state index contributed by atoms with van der Waals surface area (Å²) in [6.45, 7) is 1.97. The lowest BCUT2D eigenvalue weighted by Crippen LogP contribution is -1.84. The third kappa shape index (κ3) is 2.56. The fourth-order valence-electron chi connectivity index (χ4n) is 1.06. The summed E-state index contributed by atoms with van der Waals surface area (Å²) in [6, 6.07) is 3.79. The predicted molar refractivity (Wildman–Crippen MR) is 59.8 cm³/mol. The Hall–Kier alpha value is -1.01. The maximum atomic E-state index is 12.9. The van der Waals surface area contributed by atoms with Gasteiger partial charge in [0.15, 0.2) is 16.0 Å². The van der Waals surface area contributed by atoms with Gasteiger partial charge in [0, 0.05) is 11.3 Å². The Morgan fingerprint density at radius 2 is 2.12 bits per heavy atom. The van der Waals surface area contributed by atoms with Crippen molar-refractivity contribution in [2.24, 2.45) is 0 Å². The molecule has 1 heterocycles. The van der Waals surface area contributed by atoms with Crippen LogP contribution in [-0.4, -0.2) is 9.36 Å². The second-order valence-electron chi connectivity index (χ2n) is 3.01. The second kappa shape index (κ2) is 4.88. The molecule has 16 heavy (non-hydrogen) atoms. The van der Waals surface area contributed by atoms with Crippen LogP contribution in [0.3, 0.4) is 0 Å². The van der Waals surface area contributed by atoms with E-state index in [1.54, 1.807) is 0 Å². The van der Waals surface area contributed by atoms with E-state index in [-0.39, 0.29) is 0 Å². The first-order valence-electron chi connectivity index (χ1n) is 4.64. The molecular weight excluding hydrogens is 250 g/mol. The average molecular weight is 258 g/mol. The zero-order valence-electron chi connectivity index (χ0n) is 8.41. The first kappa shape index (κ1) is 11.5. The molecule has 1 aromatic carbocycles. The number of aryl methyl sites for hydroxylation is 1. The third-order valence-electron chi connectivity index (χ3n) is 1.86. The second-order valence-corrected chi connectivity index (χ2v) is 5.08. The summed E-state index contributed by atoms with van der Waals surface area (Å²) in [5, 5.41) is 0. The van der Waals surface area contributed by atoms with Gasteiger partial charge in [0.05, 0.1) is 0 Å². The fourth-order valence-corrected chi connectivity index (χ4v) is 2.76. The Morgan fingerprint density at radius 1 is 1.31 bits per heavy atom. The Labute approximate surface area is 99.9 Å².